The number of hydrogen-bond acceptors (Lipinski definition) is 1. The van der Waals surface area contributed by atoms with Crippen LogP contribution < -0.4 is 0 Å². The maximum Gasteiger partial charge on any atom is 0.00944 e. The summed E-state index contributed by atoms with van der Waals surface area (Å²) >= 11 is 2.07. The van der Waals surface area contributed by atoms with Crippen molar-refractivity contribution < 1.29 is 0 Å². The lowest BCUT2D eigenvalue weighted by molar-refractivity contribution is 0.590. The summed E-state index contributed by atoms with van der Waals surface area (Å²) in [4.78, 5) is 1.44. The van der Waals surface area contributed by atoms with Crippen LogP contribution >= 0.6 is 11.8 Å². The molecule has 1 saturated carbocycles. The van der Waals surface area contributed by atoms with E-state index in [0.29, 0.717) is 0 Å². The third kappa shape index (κ3) is 3.04. The zero-order valence-corrected chi connectivity index (χ0v) is 11.4. The number of rotatable bonds is 2. The Balaban J connectivity index is 2.01. The highest BCUT2D eigenvalue weighted by molar-refractivity contribution is 8.00. The molecule has 0 spiro atoms. The van der Waals surface area contributed by atoms with Gasteiger partial charge in [0.2, 0.25) is 0 Å². The van der Waals surface area contributed by atoms with Crippen molar-refractivity contribution in [2.24, 2.45) is 0 Å². The van der Waals surface area contributed by atoms with E-state index in [1.54, 1.807) is 0 Å². The van der Waals surface area contributed by atoms with Crippen molar-refractivity contribution in [2.75, 3.05) is 0 Å². The minimum absolute atomic E-state index is 0.274. The molecule has 1 aliphatic rings. The van der Waals surface area contributed by atoms with Gasteiger partial charge in [0.25, 0.3) is 0 Å². The van der Waals surface area contributed by atoms with E-state index in [2.05, 4.69) is 56.8 Å². The maximum absolute atomic E-state index is 2.30. The second kappa shape index (κ2) is 4.83. The van der Waals surface area contributed by atoms with Gasteiger partial charge in [0, 0.05) is 10.1 Å². The van der Waals surface area contributed by atoms with Crippen LogP contribution in [0, 0.1) is 0 Å². The third-order valence-corrected chi connectivity index (χ3v) is 4.67. The van der Waals surface area contributed by atoms with Crippen LogP contribution in [0.1, 0.15) is 52.0 Å². The molecule has 88 valence electrons. The van der Waals surface area contributed by atoms with Gasteiger partial charge in [0.05, 0.1) is 0 Å². The van der Waals surface area contributed by atoms with Gasteiger partial charge >= 0.3 is 0 Å². The molecule has 1 heteroatoms. The Kier molecular flexibility index (Phi) is 3.63. The van der Waals surface area contributed by atoms with E-state index in [0.717, 1.165) is 5.25 Å². The predicted octanol–water partition coefficient (Wildman–Crippen LogP) is 5.02. The largest absolute Gasteiger partial charge is 0.123 e. The fraction of sp³-hybridized carbons (Fsp3) is 0.600. The minimum atomic E-state index is 0.274. The average molecular weight is 234 g/mol. The van der Waals surface area contributed by atoms with Crippen molar-refractivity contribution in [3.63, 3.8) is 0 Å². The molecule has 0 aromatic heterocycles. The van der Waals surface area contributed by atoms with Gasteiger partial charge in [-0.25, -0.2) is 0 Å². The molecule has 1 fully saturated rings. The summed E-state index contributed by atoms with van der Waals surface area (Å²) in [6.07, 6.45) is 5.67. The van der Waals surface area contributed by atoms with E-state index >= 15 is 0 Å². The first-order valence-corrected chi connectivity index (χ1v) is 7.21. The molecule has 0 nitrogen and oxygen atoms in total. The smallest absolute Gasteiger partial charge is 0.00944 e. The number of hydrogen-bond donors (Lipinski definition) is 0. The summed E-state index contributed by atoms with van der Waals surface area (Å²) in [6, 6.07) is 9.17. The molecule has 0 saturated heterocycles. The van der Waals surface area contributed by atoms with Gasteiger partial charge in [-0.1, -0.05) is 45.7 Å². The van der Waals surface area contributed by atoms with Crippen molar-refractivity contribution in [3.05, 3.63) is 29.8 Å². The second-order valence-corrected chi connectivity index (χ2v) is 7.17. The fourth-order valence-electron chi connectivity index (χ4n) is 2.23. The van der Waals surface area contributed by atoms with Crippen molar-refractivity contribution >= 4 is 11.8 Å². The molecule has 0 atom stereocenters. The van der Waals surface area contributed by atoms with Crippen molar-refractivity contribution in [1.29, 1.82) is 0 Å². The van der Waals surface area contributed by atoms with Crippen molar-refractivity contribution in [2.45, 2.75) is 62.0 Å². The second-order valence-electron chi connectivity index (χ2n) is 5.80. The number of benzene rings is 1. The molecule has 0 radical (unpaired) electrons. The highest BCUT2D eigenvalue weighted by Crippen LogP contribution is 2.35. The first kappa shape index (κ1) is 12.0. The summed E-state index contributed by atoms with van der Waals surface area (Å²) in [7, 11) is 0. The lowest BCUT2D eigenvalue weighted by atomic mass is 9.87. The van der Waals surface area contributed by atoms with Gasteiger partial charge in [-0.05, 0) is 36.0 Å². The first-order chi connectivity index (χ1) is 7.55. The van der Waals surface area contributed by atoms with Crippen LogP contribution in [0.2, 0.25) is 0 Å². The summed E-state index contributed by atoms with van der Waals surface area (Å²) < 4.78 is 0. The molecule has 1 aliphatic carbocycles. The van der Waals surface area contributed by atoms with E-state index < -0.39 is 0 Å². The molecule has 0 amide bonds. The Morgan fingerprint density at radius 2 is 1.56 bits per heavy atom. The summed E-state index contributed by atoms with van der Waals surface area (Å²) in [5, 5.41) is 0.875. The predicted molar refractivity (Wildman–Crippen MR) is 73.3 cm³/mol. The van der Waals surface area contributed by atoms with Crippen LogP contribution in [-0.2, 0) is 5.41 Å². The molecule has 0 unspecified atom stereocenters. The molecule has 2 rings (SSSR count). The van der Waals surface area contributed by atoms with Gasteiger partial charge in [-0.15, -0.1) is 11.8 Å². The Labute approximate surface area is 104 Å². The van der Waals surface area contributed by atoms with Gasteiger partial charge in [0.15, 0.2) is 0 Å². The van der Waals surface area contributed by atoms with Crippen LogP contribution in [0.3, 0.4) is 0 Å². The molecule has 1 aromatic carbocycles. The van der Waals surface area contributed by atoms with Crippen molar-refractivity contribution in [3.8, 4) is 0 Å². The highest BCUT2D eigenvalue weighted by atomic mass is 32.2. The zero-order valence-electron chi connectivity index (χ0n) is 10.6. The normalized spacial score (nSPS) is 17.9. The molecule has 0 aliphatic heterocycles. The molecular weight excluding hydrogens is 212 g/mol. The summed E-state index contributed by atoms with van der Waals surface area (Å²) in [6.45, 7) is 6.81. The van der Waals surface area contributed by atoms with Crippen LogP contribution in [0.15, 0.2) is 29.2 Å². The Morgan fingerprint density at radius 3 is 2.06 bits per heavy atom. The van der Waals surface area contributed by atoms with Crippen molar-refractivity contribution in [1.82, 2.24) is 0 Å². The van der Waals surface area contributed by atoms with E-state index in [1.807, 2.05) is 0 Å². The standard InChI is InChI=1S/C15H22S/c1-15(2,3)12-8-10-14(11-9-12)16-13-6-4-5-7-13/h8-11,13H,4-7H2,1-3H3. The molecule has 16 heavy (non-hydrogen) atoms. The third-order valence-electron chi connectivity index (χ3n) is 3.33. The van der Waals surface area contributed by atoms with Gasteiger partial charge in [-0.2, -0.15) is 0 Å². The highest BCUT2D eigenvalue weighted by Gasteiger charge is 2.17. The fourth-order valence-corrected chi connectivity index (χ4v) is 3.48. The van der Waals surface area contributed by atoms with E-state index in [-0.39, 0.29) is 5.41 Å². The van der Waals surface area contributed by atoms with E-state index in [9.17, 15) is 0 Å². The van der Waals surface area contributed by atoms with E-state index in [1.165, 1.54) is 36.1 Å². The van der Waals surface area contributed by atoms with Crippen LogP contribution in [-0.4, -0.2) is 5.25 Å². The van der Waals surface area contributed by atoms with Crippen LogP contribution in [0.4, 0.5) is 0 Å². The zero-order chi connectivity index (χ0) is 11.6. The van der Waals surface area contributed by atoms with Gasteiger partial charge in [0.1, 0.15) is 0 Å². The van der Waals surface area contributed by atoms with Gasteiger partial charge < -0.3 is 0 Å². The van der Waals surface area contributed by atoms with Crippen LogP contribution in [0.5, 0.6) is 0 Å². The maximum atomic E-state index is 2.30. The molecule has 0 heterocycles. The molecule has 0 N–H and O–H groups in total. The molecular formula is C15H22S. The molecule has 1 aromatic rings. The lowest BCUT2D eigenvalue weighted by Gasteiger charge is -2.19. The Bertz CT molecular complexity index is 325. The quantitative estimate of drug-likeness (QED) is 0.692. The Morgan fingerprint density at radius 1 is 1.00 bits per heavy atom. The summed E-state index contributed by atoms with van der Waals surface area (Å²) in [5.41, 5.74) is 1.71. The lowest BCUT2D eigenvalue weighted by Crippen LogP contribution is -2.10. The van der Waals surface area contributed by atoms with Crippen LogP contribution in [0.25, 0.3) is 0 Å². The van der Waals surface area contributed by atoms with Gasteiger partial charge in [-0.3, -0.25) is 0 Å². The SMILES string of the molecule is CC(C)(C)c1ccc(SC2CCCC2)cc1. The van der Waals surface area contributed by atoms with E-state index in [4.69, 9.17) is 0 Å². The molecule has 0 bridgehead atoms. The Hall–Kier alpha value is -0.430. The first-order valence-electron chi connectivity index (χ1n) is 6.33. The topological polar surface area (TPSA) is 0 Å². The summed E-state index contributed by atoms with van der Waals surface area (Å²) in [5.74, 6) is 0. The average Bonchev–Trinajstić information content (AvgIpc) is 2.70. The number of thioether (sulfide) groups is 1. The minimum Gasteiger partial charge on any atom is -0.123 e. The monoisotopic (exact) mass is 234 g/mol.